The Morgan fingerprint density at radius 1 is 1.10 bits per heavy atom. The molecule has 0 saturated heterocycles. The molecule has 0 atom stereocenters. The number of benzene rings is 1. The molecule has 1 aromatic carbocycles. The van der Waals surface area contributed by atoms with Crippen LogP contribution in [0.3, 0.4) is 0 Å². The molecule has 20 heavy (non-hydrogen) atoms. The Labute approximate surface area is 118 Å². The zero-order valence-electron chi connectivity index (χ0n) is 11.4. The van der Waals surface area contributed by atoms with E-state index in [1.165, 1.54) is 0 Å². The number of hydrogen-bond donors (Lipinski definition) is 2. The van der Waals surface area contributed by atoms with Crippen LogP contribution < -0.4 is 20.5 Å². The van der Waals surface area contributed by atoms with E-state index in [4.69, 9.17) is 15.2 Å². The molecule has 1 aromatic rings. The summed E-state index contributed by atoms with van der Waals surface area (Å²) in [5.74, 6) is 1.58. The van der Waals surface area contributed by atoms with Crippen molar-refractivity contribution in [2.45, 2.75) is 31.7 Å². The predicted octanol–water partition coefficient (Wildman–Crippen LogP) is 1.91. The van der Waals surface area contributed by atoms with Crippen molar-refractivity contribution >= 4 is 11.6 Å². The first kappa shape index (κ1) is 13.2. The maximum atomic E-state index is 12.2. The van der Waals surface area contributed by atoms with E-state index in [1.807, 2.05) is 18.2 Å². The van der Waals surface area contributed by atoms with Crippen molar-refractivity contribution in [3.63, 3.8) is 0 Å². The molecule has 0 bridgehead atoms. The summed E-state index contributed by atoms with van der Waals surface area (Å²) in [7, 11) is 0. The molecule has 1 aliphatic carbocycles. The van der Waals surface area contributed by atoms with Gasteiger partial charge in [0, 0.05) is 23.7 Å². The van der Waals surface area contributed by atoms with Crippen LogP contribution in [0, 0.1) is 5.92 Å². The summed E-state index contributed by atoms with van der Waals surface area (Å²) >= 11 is 0. The second kappa shape index (κ2) is 5.71. The Balaban J connectivity index is 1.64. The first-order valence-corrected chi connectivity index (χ1v) is 7.18. The minimum atomic E-state index is 0.0722. The van der Waals surface area contributed by atoms with Crippen molar-refractivity contribution < 1.29 is 14.3 Å². The minimum Gasteiger partial charge on any atom is -0.486 e. The highest BCUT2D eigenvalue weighted by Crippen LogP contribution is 2.33. The van der Waals surface area contributed by atoms with Crippen LogP contribution in [0.15, 0.2) is 18.2 Å². The van der Waals surface area contributed by atoms with Gasteiger partial charge in [-0.3, -0.25) is 4.79 Å². The van der Waals surface area contributed by atoms with Crippen LogP contribution >= 0.6 is 0 Å². The highest BCUT2D eigenvalue weighted by atomic mass is 16.6. The summed E-state index contributed by atoms with van der Waals surface area (Å²) < 4.78 is 11.0. The van der Waals surface area contributed by atoms with Crippen LogP contribution in [-0.2, 0) is 4.79 Å². The van der Waals surface area contributed by atoms with Gasteiger partial charge in [-0.05, 0) is 37.8 Å². The third-order valence-electron chi connectivity index (χ3n) is 3.95. The number of amides is 1. The van der Waals surface area contributed by atoms with E-state index >= 15 is 0 Å². The number of anilines is 1. The van der Waals surface area contributed by atoms with Gasteiger partial charge in [-0.2, -0.15) is 0 Å². The molecule has 5 nitrogen and oxygen atoms in total. The van der Waals surface area contributed by atoms with Gasteiger partial charge in [-0.25, -0.2) is 0 Å². The predicted molar refractivity (Wildman–Crippen MR) is 76.0 cm³/mol. The van der Waals surface area contributed by atoms with Crippen molar-refractivity contribution in [2.24, 2.45) is 11.7 Å². The molecule has 3 rings (SSSR count). The molecule has 5 heteroatoms. The summed E-state index contributed by atoms with van der Waals surface area (Å²) in [6.07, 6.45) is 3.60. The maximum Gasteiger partial charge on any atom is 0.227 e. The zero-order valence-corrected chi connectivity index (χ0v) is 11.4. The van der Waals surface area contributed by atoms with Gasteiger partial charge in [0.25, 0.3) is 0 Å². The van der Waals surface area contributed by atoms with Crippen molar-refractivity contribution in [1.82, 2.24) is 0 Å². The Morgan fingerprint density at radius 3 is 2.55 bits per heavy atom. The van der Waals surface area contributed by atoms with Crippen LogP contribution in [0.2, 0.25) is 0 Å². The third-order valence-corrected chi connectivity index (χ3v) is 3.95. The zero-order chi connectivity index (χ0) is 13.9. The van der Waals surface area contributed by atoms with E-state index in [2.05, 4.69) is 5.32 Å². The summed E-state index contributed by atoms with van der Waals surface area (Å²) in [5.41, 5.74) is 6.62. The molecule has 0 radical (unpaired) electrons. The molecule has 0 aromatic heterocycles. The molecule has 1 fully saturated rings. The SMILES string of the molecule is NC1CCC(C(=O)Nc2ccc3c(c2)OCCO3)CC1. The van der Waals surface area contributed by atoms with Crippen molar-refractivity contribution in [3.8, 4) is 11.5 Å². The second-order valence-electron chi connectivity index (χ2n) is 5.46. The smallest absolute Gasteiger partial charge is 0.227 e. The Bertz CT molecular complexity index is 496. The molecule has 1 aliphatic heterocycles. The fraction of sp³-hybridized carbons (Fsp3) is 0.533. The molecule has 1 amide bonds. The lowest BCUT2D eigenvalue weighted by Gasteiger charge is -2.25. The van der Waals surface area contributed by atoms with Crippen molar-refractivity contribution in [1.29, 1.82) is 0 Å². The molecule has 3 N–H and O–H groups in total. The number of carbonyl (C=O) groups excluding carboxylic acids is 1. The van der Waals surface area contributed by atoms with Gasteiger partial charge < -0.3 is 20.5 Å². The standard InChI is InChI=1S/C15H20N2O3/c16-11-3-1-10(2-4-11)15(18)17-12-5-6-13-14(9-12)20-8-7-19-13/h5-6,9-11H,1-4,7-8,16H2,(H,17,18). The lowest BCUT2D eigenvalue weighted by molar-refractivity contribution is -0.120. The van der Waals surface area contributed by atoms with Gasteiger partial charge >= 0.3 is 0 Å². The molecule has 108 valence electrons. The average molecular weight is 276 g/mol. The van der Waals surface area contributed by atoms with E-state index in [1.54, 1.807) is 0 Å². The van der Waals surface area contributed by atoms with E-state index < -0.39 is 0 Å². The summed E-state index contributed by atoms with van der Waals surface area (Å²) in [6.45, 7) is 1.12. The summed E-state index contributed by atoms with van der Waals surface area (Å²) in [4.78, 5) is 12.2. The number of ether oxygens (including phenoxy) is 2. The van der Waals surface area contributed by atoms with Gasteiger partial charge in [0.1, 0.15) is 13.2 Å². The molecular weight excluding hydrogens is 256 g/mol. The molecule has 0 spiro atoms. The Hall–Kier alpha value is -1.75. The average Bonchev–Trinajstić information content (AvgIpc) is 2.48. The van der Waals surface area contributed by atoms with Gasteiger partial charge in [0.05, 0.1) is 0 Å². The van der Waals surface area contributed by atoms with Crippen LogP contribution in [0.5, 0.6) is 11.5 Å². The number of hydrogen-bond acceptors (Lipinski definition) is 4. The normalized spacial score (nSPS) is 25.1. The number of nitrogens with two attached hydrogens (primary N) is 1. The first-order chi connectivity index (χ1) is 9.72. The molecular formula is C15H20N2O3. The van der Waals surface area contributed by atoms with Gasteiger partial charge in [0.2, 0.25) is 5.91 Å². The number of nitrogens with one attached hydrogen (secondary N) is 1. The Morgan fingerprint density at radius 2 is 1.80 bits per heavy atom. The quantitative estimate of drug-likeness (QED) is 0.865. The highest BCUT2D eigenvalue weighted by Gasteiger charge is 2.24. The van der Waals surface area contributed by atoms with Crippen LogP contribution in [0.25, 0.3) is 0 Å². The molecule has 1 heterocycles. The fourth-order valence-corrected chi connectivity index (χ4v) is 2.75. The van der Waals surface area contributed by atoms with Gasteiger partial charge in [-0.1, -0.05) is 0 Å². The van der Waals surface area contributed by atoms with Crippen molar-refractivity contribution in [3.05, 3.63) is 18.2 Å². The summed E-state index contributed by atoms with van der Waals surface area (Å²) in [6, 6.07) is 5.76. The largest absolute Gasteiger partial charge is 0.486 e. The third kappa shape index (κ3) is 2.88. The lowest BCUT2D eigenvalue weighted by atomic mass is 9.86. The van der Waals surface area contributed by atoms with Gasteiger partial charge in [-0.15, -0.1) is 0 Å². The lowest BCUT2D eigenvalue weighted by Crippen LogP contribution is -2.32. The van der Waals surface area contributed by atoms with E-state index in [0.717, 1.165) is 37.1 Å². The van der Waals surface area contributed by atoms with E-state index in [0.29, 0.717) is 19.0 Å². The number of fused-ring (bicyclic) bond motifs is 1. The van der Waals surface area contributed by atoms with E-state index in [-0.39, 0.29) is 17.9 Å². The first-order valence-electron chi connectivity index (χ1n) is 7.18. The number of rotatable bonds is 2. The van der Waals surface area contributed by atoms with Crippen LogP contribution in [0.1, 0.15) is 25.7 Å². The topological polar surface area (TPSA) is 73.6 Å². The van der Waals surface area contributed by atoms with Crippen LogP contribution in [0.4, 0.5) is 5.69 Å². The molecule has 2 aliphatic rings. The van der Waals surface area contributed by atoms with E-state index in [9.17, 15) is 4.79 Å². The monoisotopic (exact) mass is 276 g/mol. The maximum absolute atomic E-state index is 12.2. The molecule has 0 unspecified atom stereocenters. The second-order valence-corrected chi connectivity index (χ2v) is 5.46. The minimum absolute atomic E-state index is 0.0722. The number of carbonyl (C=O) groups is 1. The van der Waals surface area contributed by atoms with Gasteiger partial charge in [0.15, 0.2) is 11.5 Å². The highest BCUT2D eigenvalue weighted by molar-refractivity contribution is 5.92. The fourth-order valence-electron chi connectivity index (χ4n) is 2.75. The molecule has 1 saturated carbocycles. The van der Waals surface area contributed by atoms with Crippen LogP contribution in [-0.4, -0.2) is 25.2 Å². The summed E-state index contributed by atoms with van der Waals surface area (Å²) in [5, 5.41) is 2.96. The Kier molecular flexibility index (Phi) is 3.78. The van der Waals surface area contributed by atoms with Crippen molar-refractivity contribution in [2.75, 3.05) is 18.5 Å².